The van der Waals surface area contributed by atoms with E-state index >= 15 is 0 Å². The van der Waals surface area contributed by atoms with Crippen molar-refractivity contribution in [2.45, 2.75) is 5.16 Å². The summed E-state index contributed by atoms with van der Waals surface area (Å²) in [7, 11) is 0. The number of halogens is 1. The number of nitrogens with two attached hydrogens (primary N) is 1. The lowest BCUT2D eigenvalue weighted by atomic mass is 10.2. The molecule has 116 valence electrons. The smallest absolute Gasteiger partial charge is 0.210 e. The van der Waals surface area contributed by atoms with Gasteiger partial charge in [-0.15, -0.1) is 10.2 Å². The molecular formula is C17H15ClN4S. The molecule has 0 amide bonds. The summed E-state index contributed by atoms with van der Waals surface area (Å²) >= 11 is 7.43. The molecule has 2 N–H and O–H groups in total. The molecule has 0 aliphatic carbocycles. The Bertz CT molecular complexity index is 797. The van der Waals surface area contributed by atoms with E-state index in [2.05, 4.69) is 34.5 Å². The minimum Gasteiger partial charge on any atom is -0.335 e. The molecule has 1 aromatic heterocycles. The summed E-state index contributed by atoms with van der Waals surface area (Å²) in [6.45, 7) is 0. The van der Waals surface area contributed by atoms with Crippen LogP contribution in [0.2, 0.25) is 5.02 Å². The van der Waals surface area contributed by atoms with Crippen LogP contribution in [-0.2, 0) is 0 Å². The summed E-state index contributed by atoms with van der Waals surface area (Å²) in [4.78, 5) is 0. The van der Waals surface area contributed by atoms with Crippen LogP contribution < -0.4 is 5.84 Å². The summed E-state index contributed by atoms with van der Waals surface area (Å²) < 4.78 is 1.50. The van der Waals surface area contributed by atoms with Crippen molar-refractivity contribution in [3.8, 4) is 11.4 Å². The molecule has 0 spiro atoms. The van der Waals surface area contributed by atoms with Crippen LogP contribution in [0, 0.1) is 0 Å². The summed E-state index contributed by atoms with van der Waals surface area (Å²) in [5.74, 6) is 7.47. The van der Waals surface area contributed by atoms with Gasteiger partial charge in [-0.1, -0.05) is 65.8 Å². The standard InChI is InChI=1S/C17H15ClN4S/c18-15-10-8-14(9-11-15)16-20-21-17(22(16)19)23-12-4-7-13-5-2-1-3-6-13/h1-11H,12,19H2. The topological polar surface area (TPSA) is 56.7 Å². The fraction of sp³-hybridized carbons (Fsp3) is 0.0588. The van der Waals surface area contributed by atoms with E-state index in [0.29, 0.717) is 16.0 Å². The fourth-order valence-electron chi connectivity index (χ4n) is 2.04. The number of hydrogen-bond donors (Lipinski definition) is 1. The minimum atomic E-state index is 0.621. The lowest BCUT2D eigenvalue weighted by molar-refractivity contribution is 0.851. The molecule has 6 heteroatoms. The number of thioether (sulfide) groups is 1. The first-order chi connectivity index (χ1) is 11.2. The van der Waals surface area contributed by atoms with Gasteiger partial charge in [-0.3, -0.25) is 0 Å². The lowest BCUT2D eigenvalue weighted by Crippen LogP contribution is -2.11. The molecule has 23 heavy (non-hydrogen) atoms. The maximum absolute atomic E-state index is 6.08. The number of rotatable bonds is 5. The van der Waals surface area contributed by atoms with Crippen LogP contribution in [-0.4, -0.2) is 20.6 Å². The molecule has 3 rings (SSSR count). The third-order valence-corrected chi connectivity index (χ3v) is 4.33. The number of nitrogens with zero attached hydrogens (tertiary/aromatic N) is 3. The van der Waals surface area contributed by atoms with Crippen LogP contribution in [0.3, 0.4) is 0 Å². The van der Waals surface area contributed by atoms with Crippen LogP contribution in [0.25, 0.3) is 17.5 Å². The third kappa shape index (κ3) is 3.94. The van der Waals surface area contributed by atoms with Crippen LogP contribution in [0.5, 0.6) is 0 Å². The molecule has 0 saturated heterocycles. The molecule has 0 fully saturated rings. The highest BCUT2D eigenvalue weighted by Crippen LogP contribution is 2.23. The molecule has 0 aliphatic rings. The normalized spacial score (nSPS) is 11.2. The van der Waals surface area contributed by atoms with E-state index in [1.807, 2.05) is 30.3 Å². The van der Waals surface area contributed by atoms with Crippen LogP contribution in [0.1, 0.15) is 5.56 Å². The van der Waals surface area contributed by atoms with E-state index in [4.69, 9.17) is 17.4 Å². The Labute approximate surface area is 144 Å². The average Bonchev–Trinajstić information content (AvgIpc) is 2.94. The molecule has 4 nitrogen and oxygen atoms in total. The Morgan fingerprint density at radius 2 is 1.78 bits per heavy atom. The Morgan fingerprint density at radius 3 is 2.52 bits per heavy atom. The first-order valence-corrected chi connectivity index (χ1v) is 8.41. The second kappa shape index (κ2) is 7.35. The quantitative estimate of drug-likeness (QED) is 0.559. The van der Waals surface area contributed by atoms with Gasteiger partial charge in [0.2, 0.25) is 5.16 Å². The van der Waals surface area contributed by atoms with Gasteiger partial charge in [-0.25, -0.2) is 4.68 Å². The first-order valence-electron chi connectivity index (χ1n) is 7.05. The van der Waals surface area contributed by atoms with Gasteiger partial charge in [0.05, 0.1) is 0 Å². The Morgan fingerprint density at radius 1 is 1.04 bits per heavy atom. The average molecular weight is 343 g/mol. The van der Waals surface area contributed by atoms with Gasteiger partial charge in [0.1, 0.15) is 0 Å². The predicted molar refractivity (Wildman–Crippen MR) is 96.8 cm³/mol. The summed E-state index contributed by atoms with van der Waals surface area (Å²) in [5, 5.41) is 9.65. The highest BCUT2D eigenvalue weighted by atomic mass is 35.5. The van der Waals surface area contributed by atoms with Crippen molar-refractivity contribution < 1.29 is 0 Å². The zero-order valence-corrected chi connectivity index (χ0v) is 13.8. The second-order valence-electron chi connectivity index (χ2n) is 4.81. The second-order valence-corrected chi connectivity index (χ2v) is 6.23. The summed E-state index contributed by atoms with van der Waals surface area (Å²) in [6, 6.07) is 17.5. The van der Waals surface area contributed by atoms with Gasteiger partial charge in [-0.2, -0.15) is 0 Å². The van der Waals surface area contributed by atoms with Crippen LogP contribution in [0.4, 0.5) is 0 Å². The van der Waals surface area contributed by atoms with Crippen LogP contribution >= 0.6 is 23.4 Å². The molecule has 3 aromatic rings. The van der Waals surface area contributed by atoms with Gasteiger partial charge < -0.3 is 5.84 Å². The van der Waals surface area contributed by atoms with E-state index in [0.717, 1.165) is 11.3 Å². The molecule has 0 atom stereocenters. The highest BCUT2D eigenvalue weighted by Gasteiger charge is 2.11. The molecule has 0 aliphatic heterocycles. The number of nitrogen functional groups attached to an aromatic ring is 1. The summed E-state index contributed by atoms with van der Waals surface area (Å²) in [6.07, 6.45) is 4.15. The van der Waals surface area contributed by atoms with E-state index in [1.165, 1.54) is 22.0 Å². The van der Waals surface area contributed by atoms with E-state index in [9.17, 15) is 0 Å². The number of hydrogen-bond acceptors (Lipinski definition) is 4. The van der Waals surface area contributed by atoms with Crippen molar-refractivity contribution in [1.82, 2.24) is 14.9 Å². The maximum atomic E-state index is 6.08. The lowest BCUT2D eigenvalue weighted by Gasteiger charge is -2.02. The minimum absolute atomic E-state index is 0.621. The molecule has 0 bridgehead atoms. The Balaban J connectivity index is 1.65. The van der Waals surface area contributed by atoms with Gasteiger partial charge in [-0.05, 0) is 29.8 Å². The Kier molecular flexibility index (Phi) is 5.00. The van der Waals surface area contributed by atoms with Gasteiger partial charge >= 0.3 is 0 Å². The predicted octanol–water partition coefficient (Wildman–Crippen LogP) is 4.12. The SMILES string of the molecule is Nn1c(SCC=Cc2ccccc2)nnc1-c1ccc(Cl)cc1. The van der Waals surface area contributed by atoms with Gasteiger partial charge in [0, 0.05) is 16.3 Å². The van der Waals surface area contributed by atoms with Gasteiger partial charge in [0.15, 0.2) is 5.82 Å². The van der Waals surface area contributed by atoms with Crippen molar-refractivity contribution in [3.05, 3.63) is 71.3 Å². The monoisotopic (exact) mass is 342 g/mol. The molecule has 1 heterocycles. The number of benzene rings is 2. The van der Waals surface area contributed by atoms with Crippen molar-refractivity contribution in [1.29, 1.82) is 0 Å². The zero-order valence-electron chi connectivity index (χ0n) is 12.3. The Hall–Kier alpha value is -2.24. The molecule has 0 unspecified atom stereocenters. The molecule has 2 aromatic carbocycles. The van der Waals surface area contributed by atoms with Crippen LogP contribution in [0.15, 0.2) is 65.8 Å². The largest absolute Gasteiger partial charge is 0.335 e. The zero-order chi connectivity index (χ0) is 16.1. The highest BCUT2D eigenvalue weighted by molar-refractivity contribution is 7.99. The van der Waals surface area contributed by atoms with Crippen molar-refractivity contribution in [2.24, 2.45) is 0 Å². The first kappa shape index (κ1) is 15.6. The van der Waals surface area contributed by atoms with Gasteiger partial charge in [0.25, 0.3) is 0 Å². The fourth-order valence-corrected chi connectivity index (χ4v) is 2.83. The third-order valence-electron chi connectivity index (χ3n) is 3.19. The molecule has 0 saturated carbocycles. The van der Waals surface area contributed by atoms with Crippen molar-refractivity contribution in [2.75, 3.05) is 11.6 Å². The molecular weight excluding hydrogens is 328 g/mol. The summed E-state index contributed by atoms with van der Waals surface area (Å²) in [5.41, 5.74) is 2.06. The molecule has 0 radical (unpaired) electrons. The van der Waals surface area contributed by atoms with Crippen molar-refractivity contribution >= 4 is 29.4 Å². The van der Waals surface area contributed by atoms with E-state index in [-0.39, 0.29) is 0 Å². The van der Waals surface area contributed by atoms with E-state index in [1.54, 1.807) is 12.1 Å². The maximum Gasteiger partial charge on any atom is 0.210 e. The van der Waals surface area contributed by atoms with Crippen molar-refractivity contribution in [3.63, 3.8) is 0 Å². The number of aromatic nitrogens is 3. The van der Waals surface area contributed by atoms with E-state index < -0.39 is 0 Å².